The van der Waals surface area contributed by atoms with Gasteiger partial charge in [0.05, 0.1) is 11.9 Å². The molecule has 0 amide bonds. The van der Waals surface area contributed by atoms with Crippen molar-refractivity contribution in [3.05, 3.63) is 52.5 Å². The van der Waals surface area contributed by atoms with Crippen LogP contribution in [0, 0.1) is 12.7 Å². The van der Waals surface area contributed by atoms with E-state index in [1.54, 1.807) is 0 Å². The van der Waals surface area contributed by atoms with Crippen LogP contribution in [0.4, 0.5) is 15.3 Å². The van der Waals surface area contributed by atoms with Crippen molar-refractivity contribution < 1.29 is 4.39 Å². The van der Waals surface area contributed by atoms with Crippen LogP contribution in [0.2, 0.25) is 5.28 Å². The number of anilines is 2. The second kappa shape index (κ2) is 5.75. The van der Waals surface area contributed by atoms with E-state index >= 15 is 0 Å². The average Bonchev–Trinajstić information content (AvgIpc) is 2.91. The third kappa shape index (κ3) is 3.17. The summed E-state index contributed by atoms with van der Waals surface area (Å²) in [7, 11) is 0. The molecule has 0 atom stereocenters. The van der Waals surface area contributed by atoms with E-state index in [1.165, 1.54) is 11.3 Å². The Morgan fingerprint density at radius 1 is 1.29 bits per heavy atom. The first-order valence-electron chi connectivity index (χ1n) is 6.09. The fraction of sp³-hybridized carbons (Fsp3) is 0.0714. The van der Waals surface area contributed by atoms with E-state index in [1.807, 2.05) is 36.6 Å². The van der Waals surface area contributed by atoms with Crippen molar-refractivity contribution in [1.82, 2.24) is 15.0 Å². The first kappa shape index (κ1) is 13.9. The third-order valence-corrected chi connectivity index (χ3v) is 3.70. The van der Waals surface area contributed by atoms with Gasteiger partial charge in [-0.05, 0) is 24.6 Å². The Morgan fingerprint density at radius 3 is 2.95 bits per heavy atom. The molecule has 3 aromatic rings. The molecule has 0 saturated heterocycles. The highest BCUT2D eigenvalue weighted by Crippen LogP contribution is 2.27. The lowest BCUT2D eigenvalue weighted by Crippen LogP contribution is -1.98. The maximum absolute atomic E-state index is 13.6. The highest BCUT2D eigenvalue weighted by Gasteiger charge is 2.10. The molecule has 7 heteroatoms. The molecule has 21 heavy (non-hydrogen) atoms. The van der Waals surface area contributed by atoms with Crippen LogP contribution >= 0.6 is 22.9 Å². The zero-order valence-electron chi connectivity index (χ0n) is 11.0. The number of nitrogens with one attached hydrogen (secondary N) is 1. The Balaban J connectivity index is 1.87. The lowest BCUT2D eigenvalue weighted by Gasteiger charge is -2.02. The highest BCUT2D eigenvalue weighted by molar-refractivity contribution is 7.14. The Hall–Kier alpha value is -2.05. The van der Waals surface area contributed by atoms with E-state index in [0.29, 0.717) is 5.13 Å². The van der Waals surface area contributed by atoms with Gasteiger partial charge in [0.1, 0.15) is 0 Å². The van der Waals surface area contributed by atoms with Crippen molar-refractivity contribution in [2.45, 2.75) is 6.92 Å². The Morgan fingerprint density at radius 2 is 2.14 bits per heavy atom. The smallest absolute Gasteiger partial charge is 0.224 e. The normalized spacial score (nSPS) is 10.6. The van der Waals surface area contributed by atoms with Crippen molar-refractivity contribution in [2.75, 3.05) is 5.32 Å². The Bertz CT molecular complexity index is 790. The summed E-state index contributed by atoms with van der Waals surface area (Å²) in [6, 6.07) is 8.02. The van der Waals surface area contributed by atoms with Crippen LogP contribution in [-0.2, 0) is 0 Å². The molecule has 0 spiro atoms. The SMILES string of the molecule is Cc1cccc(-c2csc(Nc3nc(Cl)ncc3F)n2)c1. The highest BCUT2D eigenvalue weighted by atomic mass is 35.5. The van der Waals surface area contributed by atoms with Crippen molar-refractivity contribution in [3.63, 3.8) is 0 Å². The molecule has 0 aliphatic heterocycles. The first-order chi connectivity index (χ1) is 10.1. The minimum absolute atomic E-state index is 0.0140. The number of hydrogen-bond donors (Lipinski definition) is 1. The minimum Gasteiger partial charge on any atom is -0.314 e. The summed E-state index contributed by atoms with van der Waals surface area (Å²) in [6.07, 6.45) is 1.02. The molecule has 0 aliphatic carbocycles. The zero-order chi connectivity index (χ0) is 14.8. The molecular weight excluding hydrogens is 311 g/mol. The molecule has 0 bridgehead atoms. The van der Waals surface area contributed by atoms with Crippen molar-refractivity contribution in [1.29, 1.82) is 0 Å². The van der Waals surface area contributed by atoms with Crippen molar-refractivity contribution in [3.8, 4) is 11.3 Å². The van der Waals surface area contributed by atoms with Gasteiger partial charge in [-0.3, -0.25) is 0 Å². The van der Waals surface area contributed by atoms with Gasteiger partial charge in [0.2, 0.25) is 5.28 Å². The standard InChI is InChI=1S/C14H10ClFN4S/c1-8-3-2-4-9(5-8)11-7-21-14(18-11)20-12-10(16)6-17-13(15)19-12/h2-7H,1H3,(H,17,18,19,20). The summed E-state index contributed by atoms with van der Waals surface area (Å²) >= 11 is 7.02. The van der Waals surface area contributed by atoms with E-state index in [0.717, 1.165) is 23.0 Å². The molecule has 1 aromatic carbocycles. The van der Waals surface area contributed by atoms with Gasteiger partial charge in [0.25, 0.3) is 0 Å². The molecule has 1 N–H and O–H groups in total. The number of thiazole rings is 1. The predicted octanol–water partition coefficient (Wildman–Crippen LogP) is 4.44. The zero-order valence-corrected chi connectivity index (χ0v) is 12.5. The van der Waals surface area contributed by atoms with E-state index in [4.69, 9.17) is 11.6 Å². The second-order valence-corrected chi connectivity index (χ2v) is 5.56. The Kier molecular flexibility index (Phi) is 3.81. The monoisotopic (exact) mass is 320 g/mol. The Labute approximate surface area is 129 Å². The number of aryl methyl sites for hydroxylation is 1. The summed E-state index contributed by atoms with van der Waals surface area (Å²) < 4.78 is 13.6. The molecule has 4 nitrogen and oxygen atoms in total. The number of rotatable bonds is 3. The third-order valence-electron chi connectivity index (χ3n) is 2.76. The van der Waals surface area contributed by atoms with E-state index < -0.39 is 5.82 Å². The van der Waals surface area contributed by atoms with Crippen LogP contribution in [0.25, 0.3) is 11.3 Å². The van der Waals surface area contributed by atoms with Gasteiger partial charge < -0.3 is 5.32 Å². The molecule has 106 valence electrons. The number of benzene rings is 1. The lowest BCUT2D eigenvalue weighted by atomic mass is 10.1. The summed E-state index contributed by atoms with van der Waals surface area (Å²) in [5.74, 6) is -0.563. The summed E-state index contributed by atoms with van der Waals surface area (Å²) in [5.41, 5.74) is 3.00. The fourth-order valence-electron chi connectivity index (χ4n) is 1.80. The first-order valence-corrected chi connectivity index (χ1v) is 7.35. The average molecular weight is 321 g/mol. The summed E-state index contributed by atoms with van der Waals surface area (Å²) in [6.45, 7) is 2.02. The minimum atomic E-state index is -0.577. The number of nitrogens with zero attached hydrogens (tertiary/aromatic N) is 3. The number of halogens is 2. The van der Waals surface area contributed by atoms with Crippen molar-refractivity contribution >= 4 is 33.9 Å². The van der Waals surface area contributed by atoms with Gasteiger partial charge in [0, 0.05) is 10.9 Å². The number of hydrogen-bond acceptors (Lipinski definition) is 5. The molecule has 2 heterocycles. The lowest BCUT2D eigenvalue weighted by molar-refractivity contribution is 0.619. The summed E-state index contributed by atoms with van der Waals surface area (Å²) in [4.78, 5) is 11.8. The van der Waals surface area contributed by atoms with E-state index in [-0.39, 0.29) is 11.1 Å². The molecule has 0 unspecified atom stereocenters. The van der Waals surface area contributed by atoms with Crippen molar-refractivity contribution in [2.24, 2.45) is 0 Å². The topological polar surface area (TPSA) is 50.7 Å². The van der Waals surface area contributed by atoms with Crippen LogP contribution in [0.5, 0.6) is 0 Å². The molecule has 0 fully saturated rings. The molecule has 0 saturated carbocycles. The molecular formula is C14H10ClFN4S. The van der Waals surface area contributed by atoms with Crippen LogP contribution in [0.1, 0.15) is 5.56 Å². The van der Waals surface area contributed by atoms with Gasteiger partial charge in [-0.2, -0.15) is 4.98 Å². The fourth-order valence-corrected chi connectivity index (χ4v) is 2.65. The molecule has 3 rings (SSSR count). The molecule has 0 radical (unpaired) electrons. The van der Waals surface area contributed by atoms with Crippen LogP contribution in [-0.4, -0.2) is 15.0 Å². The maximum Gasteiger partial charge on any atom is 0.224 e. The van der Waals surface area contributed by atoms with Crippen LogP contribution in [0.3, 0.4) is 0 Å². The van der Waals surface area contributed by atoms with Crippen LogP contribution < -0.4 is 5.32 Å². The quantitative estimate of drug-likeness (QED) is 0.725. The maximum atomic E-state index is 13.6. The predicted molar refractivity (Wildman–Crippen MR) is 82.6 cm³/mol. The van der Waals surface area contributed by atoms with E-state index in [2.05, 4.69) is 20.3 Å². The van der Waals surface area contributed by atoms with Gasteiger partial charge >= 0.3 is 0 Å². The summed E-state index contributed by atoms with van der Waals surface area (Å²) in [5, 5.41) is 5.24. The van der Waals surface area contributed by atoms with Gasteiger partial charge in [-0.15, -0.1) is 11.3 Å². The molecule has 2 aromatic heterocycles. The van der Waals surface area contributed by atoms with Gasteiger partial charge in [-0.1, -0.05) is 23.8 Å². The largest absolute Gasteiger partial charge is 0.314 e. The van der Waals surface area contributed by atoms with Gasteiger partial charge in [0.15, 0.2) is 16.8 Å². The van der Waals surface area contributed by atoms with E-state index in [9.17, 15) is 4.39 Å². The molecule has 0 aliphatic rings. The van der Waals surface area contributed by atoms with Crippen LogP contribution in [0.15, 0.2) is 35.8 Å². The number of aromatic nitrogens is 3. The second-order valence-electron chi connectivity index (χ2n) is 4.37. The van der Waals surface area contributed by atoms with Gasteiger partial charge in [-0.25, -0.2) is 14.4 Å².